The van der Waals surface area contributed by atoms with Crippen molar-refractivity contribution in [3.8, 4) is 0 Å². The predicted octanol–water partition coefficient (Wildman–Crippen LogP) is 3.79. The van der Waals surface area contributed by atoms with Crippen molar-refractivity contribution in [2.45, 2.75) is 17.8 Å². The molecule has 2 aromatic carbocycles. The summed E-state index contributed by atoms with van der Waals surface area (Å²) in [6.45, 7) is 1.80. The Hall–Kier alpha value is -2.42. The minimum atomic E-state index is -0.387. The van der Waals surface area contributed by atoms with Gasteiger partial charge in [-0.25, -0.2) is 4.68 Å². The second-order valence-electron chi connectivity index (χ2n) is 5.51. The van der Waals surface area contributed by atoms with Crippen LogP contribution >= 0.6 is 35.6 Å². The van der Waals surface area contributed by atoms with Crippen LogP contribution in [0.25, 0.3) is 0 Å². The Morgan fingerprint density at radius 1 is 1.15 bits per heavy atom. The average Bonchev–Trinajstić information content (AvgIpc) is 3.01. The monoisotopic (exact) mass is 417 g/mol. The number of thiocarbonyl (C=S) groups is 1. The summed E-state index contributed by atoms with van der Waals surface area (Å²) < 4.78 is 1.64. The van der Waals surface area contributed by atoms with E-state index in [0.717, 1.165) is 5.75 Å². The second-order valence-corrected chi connectivity index (χ2v) is 7.27. The van der Waals surface area contributed by atoms with Gasteiger partial charge in [0.25, 0.3) is 5.91 Å². The Kier molecular flexibility index (Phi) is 6.44. The fourth-order valence-electron chi connectivity index (χ4n) is 2.23. The van der Waals surface area contributed by atoms with Gasteiger partial charge in [-0.15, -0.1) is 10.2 Å². The van der Waals surface area contributed by atoms with Gasteiger partial charge in [-0.05, 0) is 36.8 Å². The molecule has 0 bridgehead atoms. The Morgan fingerprint density at radius 3 is 2.59 bits per heavy atom. The van der Waals surface area contributed by atoms with Gasteiger partial charge in [0.1, 0.15) is 5.82 Å². The summed E-state index contributed by atoms with van der Waals surface area (Å²) in [5.41, 5.74) is 4.46. The maximum absolute atomic E-state index is 12.3. The highest BCUT2D eigenvalue weighted by Gasteiger charge is 2.14. The van der Waals surface area contributed by atoms with Crippen LogP contribution in [0.3, 0.4) is 0 Å². The van der Waals surface area contributed by atoms with Gasteiger partial charge in [0.2, 0.25) is 5.16 Å². The van der Waals surface area contributed by atoms with Gasteiger partial charge in [0.05, 0.1) is 10.6 Å². The number of carbonyl (C=O) groups excluding carboxylic acids is 1. The minimum absolute atomic E-state index is 0.129. The molecule has 0 aliphatic heterocycles. The third kappa shape index (κ3) is 5.06. The molecular formula is C18H16ClN5OS2. The van der Waals surface area contributed by atoms with Crippen LogP contribution in [0.2, 0.25) is 5.02 Å². The lowest BCUT2D eigenvalue weighted by Gasteiger charge is -2.13. The molecule has 1 aromatic heterocycles. The van der Waals surface area contributed by atoms with E-state index in [4.69, 9.17) is 23.8 Å². The van der Waals surface area contributed by atoms with E-state index in [1.54, 1.807) is 35.9 Å². The number of hydrogen-bond acceptors (Lipinski definition) is 5. The van der Waals surface area contributed by atoms with E-state index in [2.05, 4.69) is 20.9 Å². The maximum Gasteiger partial charge on any atom is 0.258 e. The Morgan fingerprint density at radius 2 is 1.85 bits per heavy atom. The van der Waals surface area contributed by atoms with Crippen LogP contribution in [0, 0.1) is 6.92 Å². The van der Waals surface area contributed by atoms with Crippen LogP contribution in [-0.4, -0.2) is 25.9 Å². The molecule has 27 heavy (non-hydrogen) atoms. The molecule has 3 aromatic rings. The molecule has 3 rings (SSSR count). The third-order valence-electron chi connectivity index (χ3n) is 3.56. The lowest BCUT2D eigenvalue weighted by atomic mass is 10.2. The van der Waals surface area contributed by atoms with Gasteiger partial charge in [0.15, 0.2) is 5.11 Å². The van der Waals surface area contributed by atoms with E-state index in [-0.39, 0.29) is 11.0 Å². The van der Waals surface area contributed by atoms with Crippen molar-refractivity contribution >= 4 is 46.6 Å². The number of benzene rings is 2. The highest BCUT2D eigenvalue weighted by atomic mass is 35.5. The van der Waals surface area contributed by atoms with Gasteiger partial charge in [-0.1, -0.05) is 65.8 Å². The zero-order chi connectivity index (χ0) is 19.2. The Balaban J connectivity index is 1.65. The molecule has 1 amide bonds. The fraction of sp³-hybridized carbons (Fsp3) is 0.111. The smallest absolute Gasteiger partial charge is 0.258 e. The first-order chi connectivity index (χ1) is 13.0. The van der Waals surface area contributed by atoms with Crippen molar-refractivity contribution in [3.05, 3.63) is 76.6 Å². The number of hydrogen-bond donors (Lipinski definition) is 2. The Bertz CT molecular complexity index is 961. The molecule has 0 atom stereocenters. The van der Waals surface area contributed by atoms with E-state index in [9.17, 15) is 4.79 Å². The van der Waals surface area contributed by atoms with Crippen LogP contribution in [0.1, 0.15) is 21.7 Å². The SMILES string of the molecule is Cc1nnc(SCc2ccccc2)n1NC(=S)NC(=O)c1ccccc1Cl. The molecule has 0 radical (unpaired) electrons. The topological polar surface area (TPSA) is 71.8 Å². The summed E-state index contributed by atoms with van der Waals surface area (Å²) in [7, 11) is 0. The molecule has 0 saturated carbocycles. The number of amides is 1. The fourth-order valence-corrected chi connectivity index (χ4v) is 3.53. The van der Waals surface area contributed by atoms with Gasteiger partial charge < -0.3 is 0 Å². The second kappa shape index (κ2) is 8.98. The molecule has 0 aliphatic rings. The number of halogens is 1. The van der Waals surface area contributed by atoms with Gasteiger partial charge in [-0.2, -0.15) is 0 Å². The summed E-state index contributed by atoms with van der Waals surface area (Å²) >= 11 is 12.8. The molecule has 0 spiro atoms. The van der Waals surface area contributed by atoms with Crippen LogP contribution in [0.4, 0.5) is 0 Å². The highest BCUT2D eigenvalue weighted by molar-refractivity contribution is 7.98. The summed E-state index contributed by atoms with van der Waals surface area (Å²) in [4.78, 5) is 12.3. The lowest BCUT2D eigenvalue weighted by molar-refractivity contribution is 0.0977. The van der Waals surface area contributed by atoms with Gasteiger partial charge in [-0.3, -0.25) is 15.5 Å². The maximum atomic E-state index is 12.3. The molecule has 0 saturated heterocycles. The van der Waals surface area contributed by atoms with E-state index in [1.807, 2.05) is 30.3 Å². The summed E-state index contributed by atoms with van der Waals surface area (Å²) in [5.74, 6) is 0.974. The zero-order valence-corrected chi connectivity index (χ0v) is 16.7. The van der Waals surface area contributed by atoms with Crippen LogP contribution < -0.4 is 10.7 Å². The van der Waals surface area contributed by atoms with Gasteiger partial charge in [0, 0.05) is 5.75 Å². The molecule has 138 valence electrons. The first-order valence-electron chi connectivity index (χ1n) is 8.00. The van der Waals surface area contributed by atoms with Crippen molar-refractivity contribution < 1.29 is 4.79 Å². The molecule has 6 nitrogen and oxygen atoms in total. The van der Waals surface area contributed by atoms with E-state index in [0.29, 0.717) is 21.6 Å². The number of thioether (sulfide) groups is 1. The molecule has 9 heteroatoms. The van der Waals surface area contributed by atoms with Crippen LogP contribution in [0.5, 0.6) is 0 Å². The van der Waals surface area contributed by atoms with Crippen LogP contribution in [-0.2, 0) is 5.75 Å². The molecular weight excluding hydrogens is 402 g/mol. The summed E-state index contributed by atoms with van der Waals surface area (Å²) in [6, 6.07) is 16.8. The third-order valence-corrected chi connectivity index (χ3v) is 5.09. The van der Waals surface area contributed by atoms with E-state index < -0.39 is 0 Å². The first-order valence-corrected chi connectivity index (χ1v) is 9.77. The molecule has 0 fully saturated rings. The Labute approximate surface area is 171 Å². The first kappa shape index (κ1) is 19.3. The van der Waals surface area contributed by atoms with E-state index >= 15 is 0 Å². The summed E-state index contributed by atoms with van der Waals surface area (Å²) in [6.07, 6.45) is 0. The average molecular weight is 418 g/mol. The van der Waals surface area contributed by atoms with Crippen LogP contribution in [0.15, 0.2) is 59.8 Å². The minimum Gasteiger partial charge on any atom is -0.298 e. The standard InChI is InChI=1S/C18H16ClN5OS2/c1-12-21-22-18(27-11-13-7-3-2-4-8-13)24(12)23-17(26)20-16(25)14-9-5-6-10-15(14)19/h2-10H,11H2,1H3,(H2,20,23,25,26). The van der Waals surface area contributed by atoms with Crippen molar-refractivity contribution in [1.29, 1.82) is 0 Å². The molecule has 0 unspecified atom stereocenters. The number of nitrogens with zero attached hydrogens (tertiary/aromatic N) is 3. The largest absolute Gasteiger partial charge is 0.298 e. The van der Waals surface area contributed by atoms with Crippen molar-refractivity contribution in [3.63, 3.8) is 0 Å². The summed E-state index contributed by atoms with van der Waals surface area (Å²) in [5, 5.41) is 12.0. The number of aromatic nitrogens is 3. The quantitative estimate of drug-likeness (QED) is 0.486. The predicted molar refractivity (Wildman–Crippen MR) is 112 cm³/mol. The van der Waals surface area contributed by atoms with Crippen molar-refractivity contribution in [1.82, 2.24) is 20.2 Å². The van der Waals surface area contributed by atoms with E-state index in [1.165, 1.54) is 17.3 Å². The molecule has 2 N–H and O–H groups in total. The zero-order valence-electron chi connectivity index (χ0n) is 14.3. The number of rotatable bonds is 5. The molecule has 0 aliphatic carbocycles. The lowest BCUT2D eigenvalue weighted by Crippen LogP contribution is -2.38. The van der Waals surface area contributed by atoms with Crippen molar-refractivity contribution in [2.24, 2.45) is 0 Å². The molecule has 1 heterocycles. The van der Waals surface area contributed by atoms with Gasteiger partial charge >= 0.3 is 0 Å². The number of aryl methyl sites for hydroxylation is 1. The number of nitrogens with one attached hydrogen (secondary N) is 2. The normalized spacial score (nSPS) is 10.4. The van der Waals surface area contributed by atoms with Crippen molar-refractivity contribution in [2.75, 3.05) is 5.43 Å². The highest BCUT2D eigenvalue weighted by Crippen LogP contribution is 2.21. The number of carbonyl (C=O) groups is 1.